The van der Waals surface area contributed by atoms with E-state index in [-0.39, 0.29) is 18.7 Å². The van der Waals surface area contributed by atoms with Crippen molar-refractivity contribution in [1.29, 1.82) is 0 Å². The first-order valence-corrected chi connectivity index (χ1v) is 9.27. The molecule has 2 amide bonds. The summed E-state index contributed by atoms with van der Waals surface area (Å²) in [7, 11) is 0. The van der Waals surface area contributed by atoms with Crippen molar-refractivity contribution in [3.05, 3.63) is 57.5 Å². The van der Waals surface area contributed by atoms with Crippen LogP contribution in [-0.4, -0.2) is 24.4 Å². The third-order valence-electron chi connectivity index (χ3n) is 3.51. The van der Waals surface area contributed by atoms with Gasteiger partial charge >= 0.3 is 5.97 Å². The number of rotatable bonds is 7. The van der Waals surface area contributed by atoms with Gasteiger partial charge in [-0.25, -0.2) is 0 Å². The lowest BCUT2D eigenvalue weighted by Gasteiger charge is -2.09. The Kier molecular flexibility index (Phi) is 7.82. The second-order valence-electron chi connectivity index (χ2n) is 5.72. The van der Waals surface area contributed by atoms with Gasteiger partial charge in [-0.2, -0.15) is 0 Å². The summed E-state index contributed by atoms with van der Waals surface area (Å²) >= 11 is 9.11. The van der Waals surface area contributed by atoms with E-state index in [9.17, 15) is 14.4 Å². The van der Waals surface area contributed by atoms with E-state index in [0.29, 0.717) is 16.4 Å². The highest BCUT2D eigenvalue weighted by molar-refractivity contribution is 9.10. The molecule has 0 aliphatic rings. The number of hydrogen-bond donors (Lipinski definition) is 2. The van der Waals surface area contributed by atoms with Crippen LogP contribution in [0.1, 0.15) is 18.4 Å². The quantitative estimate of drug-likeness (QED) is 0.612. The molecule has 0 saturated carbocycles. The number of amides is 2. The first kappa shape index (κ1) is 20.9. The lowest BCUT2D eigenvalue weighted by molar-refractivity contribution is -0.147. The number of anilines is 2. The molecule has 0 heterocycles. The molecule has 2 N–H and O–H groups in total. The van der Waals surface area contributed by atoms with Gasteiger partial charge in [-0.05, 0) is 55.0 Å². The minimum Gasteiger partial charge on any atom is -0.456 e. The van der Waals surface area contributed by atoms with Crippen molar-refractivity contribution >= 4 is 56.7 Å². The van der Waals surface area contributed by atoms with Gasteiger partial charge in [0.15, 0.2) is 6.61 Å². The molecule has 0 unspecified atom stereocenters. The lowest BCUT2D eigenvalue weighted by Crippen LogP contribution is -2.21. The number of carbonyl (C=O) groups is 3. The number of aryl methyl sites for hydroxylation is 1. The van der Waals surface area contributed by atoms with Crippen molar-refractivity contribution in [2.45, 2.75) is 19.8 Å². The fraction of sp³-hybridized carbons (Fsp3) is 0.211. The zero-order valence-electron chi connectivity index (χ0n) is 14.6. The minimum absolute atomic E-state index is 0.0346. The number of nitrogens with one attached hydrogen (secondary N) is 2. The van der Waals surface area contributed by atoms with Crippen molar-refractivity contribution in [3.63, 3.8) is 0 Å². The molecule has 0 aromatic heterocycles. The summed E-state index contributed by atoms with van der Waals surface area (Å²) in [5.41, 5.74) is 2.13. The van der Waals surface area contributed by atoms with Crippen LogP contribution >= 0.6 is 27.5 Å². The molecular weight excluding hydrogens is 436 g/mol. The Morgan fingerprint density at radius 1 is 1.00 bits per heavy atom. The largest absolute Gasteiger partial charge is 0.456 e. The third-order valence-corrected chi connectivity index (χ3v) is 4.26. The molecule has 0 aliphatic carbocycles. The Balaban J connectivity index is 1.69. The average molecular weight is 454 g/mol. The highest BCUT2D eigenvalue weighted by Gasteiger charge is 2.11. The predicted molar refractivity (Wildman–Crippen MR) is 108 cm³/mol. The van der Waals surface area contributed by atoms with E-state index in [2.05, 4.69) is 26.6 Å². The molecule has 142 valence electrons. The van der Waals surface area contributed by atoms with Crippen LogP contribution in [0.4, 0.5) is 11.4 Å². The first-order chi connectivity index (χ1) is 12.8. The van der Waals surface area contributed by atoms with Gasteiger partial charge < -0.3 is 15.4 Å². The van der Waals surface area contributed by atoms with Crippen molar-refractivity contribution in [3.8, 4) is 0 Å². The zero-order chi connectivity index (χ0) is 19.8. The number of carbonyl (C=O) groups excluding carboxylic acids is 3. The van der Waals surface area contributed by atoms with Crippen LogP contribution in [0.5, 0.6) is 0 Å². The summed E-state index contributed by atoms with van der Waals surface area (Å²) < 4.78 is 5.79. The van der Waals surface area contributed by atoms with Crippen LogP contribution in [0.3, 0.4) is 0 Å². The highest BCUT2D eigenvalue weighted by Crippen LogP contribution is 2.20. The maximum Gasteiger partial charge on any atom is 0.306 e. The van der Waals surface area contributed by atoms with Crippen LogP contribution in [-0.2, 0) is 19.1 Å². The number of halogens is 2. The third kappa shape index (κ3) is 7.40. The van der Waals surface area contributed by atoms with Gasteiger partial charge in [0, 0.05) is 27.3 Å². The van der Waals surface area contributed by atoms with Crippen molar-refractivity contribution in [2.24, 2.45) is 0 Å². The molecule has 0 fully saturated rings. The van der Waals surface area contributed by atoms with Crippen LogP contribution < -0.4 is 10.6 Å². The van der Waals surface area contributed by atoms with Crippen molar-refractivity contribution in [1.82, 2.24) is 0 Å². The van der Waals surface area contributed by atoms with Gasteiger partial charge in [0.25, 0.3) is 5.91 Å². The van der Waals surface area contributed by atoms with Gasteiger partial charge in [-0.1, -0.05) is 27.5 Å². The lowest BCUT2D eigenvalue weighted by atomic mass is 10.2. The molecule has 6 nitrogen and oxygen atoms in total. The number of hydrogen-bond acceptors (Lipinski definition) is 4. The molecular formula is C19H18BrClN2O4. The normalized spacial score (nSPS) is 10.2. The second-order valence-corrected chi connectivity index (χ2v) is 7.08. The summed E-state index contributed by atoms with van der Waals surface area (Å²) in [4.78, 5) is 35.4. The molecule has 2 rings (SSSR count). The molecule has 0 aliphatic heterocycles. The van der Waals surface area contributed by atoms with E-state index < -0.39 is 18.5 Å². The SMILES string of the molecule is Cc1cc(Br)ccc1NC(=O)CCC(=O)OCC(=O)Nc1ccc(Cl)cc1. The van der Waals surface area contributed by atoms with Crippen molar-refractivity contribution < 1.29 is 19.1 Å². The molecule has 0 spiro atoms. The fourth-order valence-electron chi connectivity index (χ4n) is 2.14. The van der Waals surface area contributed by atoms with Gasteiger partial charge in [-0.15, -0.1) is 0 Å². The second kappa shape index (κ2) is 10.1. The van der Waals surface area contributed by atoms with E-state index in [1.165, 1.54) is 0 Å². The van der Waals surface area contributed by atoms with Crippen LogP contribution in [0.15, 0.2) is 46.9 Å². The summed E-state index contributed by atoms with van der Waals surface area (Å²) in [6, 6.07) is 12.0. The Hall–Kier alpha value is -2.38. The van der Waals surface area contributed by atoms with Gasteiger partial charge in [-0.3, -0.25) is 14.4 Å². The Bertz CT molecular complexity index is 840. The van der Waals surface area contributed by atoms with Gasteiger partial charge in [0.1, 0.15) is 0 Å². The van der Waals surface area contributed by atoms with Crippen LogP contribution in [0.25, 0.3) is 0 Å². The van der Waals surface area contributed by atoms with E-state index in [1.54, 1.807) is 30.3 Å². The van der Waals surface area contributed by atoms with E-state index in [4.69, 9.17) is 16.3 Å². The summed E-state index contributed by atoms with van der Waals surface area (Å²) in [6.07, 6.45) is -0.150. The predicted octanol–water partition coefficient (Wildman–Crippen LogP) is 4.31. The molecule has 0 saturated heterocycles. The van der Waals surface area contributed by atoms with Gasteiger partial charge in [0.05, 0.1) is 6.42 Å². The minimum atomic E-state index is -0.621. The molecule has 27 heavy (non-hydrogen) atoms. The van der Waals surface area contributed by atoms with Crippen LogP contribution in [0.2, 0.25) is 5.02 Å². The number of ether oxygens (including phenoxy) is 1. The molecule has 0 atom stereocenters. The molecule has 0 bridgehead atoms. The van der Waals surface area contributed by atoms with E-state index in [0.717, 1.165) is 10.0 Å². The summed E-state index contributed by atoms with van der Waals surface area (Å²) in [5.74, 6) is -1.40. The standard InChI is InChI=1S/C19H18BrClN2O4/c1-12-10-13(20)2-7-16(12)23-17(24)8-9-19(26)27-11-18(25)22-15-5-3-14(21)4-6-15/h2-7,10H,8-9,11H2,1H3,(H,22,25)(H,23,24). The maximum atomic E-state index is 11.9. The fourth-order valence-corrected chi connectivity index (χ4v) is 2.75. The molecule has 8 heteroatoms. The average Bonchev–Trinajstić information content (AvgIpc) is 2.62. The smallest absolute Gasteiger partial charge is 0.306 e. The zero-order valence-corrected chi connectivity index (χ0v) is 16.9. The molecule has 0 radical (unpaired) electrons. The van der Waals surface area contributed by atoms with Crippen LogP contribution in [0, 0.1) is 6.92 Å². The Morgan fingerprint density at radius 3 is 2.37 bits per heavy atom. The first-order valence-electron chi connectivity index (χ1n) is 8.10. The summed E-state index contributed by atoms with van der Waals surface area (Å²) in [5, 5.41) is 5.86. The Labute approximate surface area is 170 Å². The summed E-state index contributed by atoms with van der Waals surface area (Å²) in [6.45, 7) is 1.45. The van der Waals surface area contributed by atoms with E-state index in [1.807, 2.05) is 19.1 Å². The number of esters is 1. The topological polar surface area (TPSA) is 84.5 Å². The highest BCUT2D eigenvalue weighted by atomic mass is 79.9. The van der Waals surface area contributed by atoms with Crippen molar-refractivity contribution in [2.75, 3.05) is 17.2 Å². The monoisotopic (exact) mass is 452 g/mol. The number of benzene rings is 2. The van der Waals surface area contributed by atoms with E-state index >= 15 is 0 Å². The molecule has 2 aromatic rings. The molecule has 2 aromatic carbocycles. The van der Waals surface area contributed by atoms with Gasteiger partial charge in [0.2, 0.25) is 5.91 Å². The maximum absolute atomic E-state index is 11.9. The Morgan fingerprint density at radius 2 is 1.70 bits per heavy atom.